The molecule has 2 rings (SSSR count). The minimum atomic E-state index is -3.85. The summed E-state index contributed by atoms with van der Waals surface area (Å²) in [6, 6.07) is 3.11. The summed E-state index contributed by atoms with van der Waals surface area (Å²) >= 11 is 0. The van der Waals surface area contributed by atoms with E-state index in [1.165, 1.54) is 17.1 Å². The molecular weight excluding hydrogens is 273 g/mol. The summed E-state index contributed by atoms with van der Waals surface area (Å²) in [6.07, 6.45) is 1.45. The Bertz CT molecular complexity index is 677. The van der Waals surface area contributed by atoms with Crippen molar-refractivity contribution in [3.8, 4) is 0 Å². The molecule has 7 nitrogen and oxygen atoms in total. The maximum absolute atomic E-state index is 13.1. The third-order valence-corrected chi connectivity index (χ3v) is 3.65. The number of nitrogen functional groups attached to an aromatic ring is 1. The highest BCUT2D eigenvalue weighted by Crippen LogP contribution is 2.15. The van der Waals surface area contributed by atoms with E-state index in [9.17, 15) is 12.8 Å². The summed E-state index contributed by atoms with van der Waals surface area (Å²) in [5, 5.41) is 3.92. The van der Waals surface area contributed by atoms with E-state index in [0.29, 0.717) is 5.82 Å². The molecule has 0 aliphatic rings. The van der Waals surface area contributed by atoms with E-state index in [1.807, 2.05) is 0 Å². The Morgan fingerprint density at radius 1 is 1.42 bits per heavy atom. The first-order chi connectivity index (χ1) is 8.87. The van der Waals surface area contributed by atoms with Gasteiger partial charge in [0.15, 0.2) is 5.82 Å². The van der Waals surface area contributed by atoms with Crippen LogP contribution in [0.15, 0.2) is 29.4 Å². The fourth-order valence-electron chi connectivity index (χ4n) is 1.45. The Labute approximate surface area is 109 Å². The van der Waals surface area contributed by atoms with Crippen LogP contribution in [0.25, 0.3) is 0 Å². The average molecular weight is 285 g/mol. The molecule has 0 aliphatic heterocycles. The number of benzene rings is 1. The lowest BCUT2D eigenvalue weighted by molar-refractivity contribution is 0.575. The predicted molar refractivity (Wildman–Crippen MR) is 65.8 cm³/mol. The second kappa shape index (κ2) is 4.94. The lowest BCUT2D eigenvalue weighted by atomic mass is 10.3. The van der Waals surface area contributed by atoms with Gasteiger partial charge < -0.3 is 5.73 Å². The van der Waals surface area contributed by atoms with Gasteiger partial charge in [0, 0.05) is 12.7 Å². The Kier molecular flexibility index (Phi) is 3.49. The van der Waals surface area contributed by atoms with Crippen molar-refractivity contribution in [2.75, 3.05) is 5.73 Å². The first kappa shape index (κ1) is 13.4. The number of nitrogens with two attached hydrogens (primary N) is 1. The van der Waals surface area contributed by atoms with E-state index in [1.54, 1.807) is 7.05 Å². The zero-order valence-corrected chi connectivity index (χ0v) is 10.9. The number of hydrogen-bond donors (Lipinski definition) is 2. The zero-order chi connectivity index (χ0) is 14.0. The van der Waals surface area contributed by atoms with Gasteiger partial charge in [-0.1, -0.05) is 0 Å². The fourth-order valence-corrected chi connectivity index (χ4v) is 2.49. The van der Waals surface area contributed by atoms with Crippen LogP contribution in [0, 0.1) is 5.82 Å². The molecule has 3 N–H and O–H groups in total. The van der Waals surface area contributed by atoms with Gasteiger partial charge in [0.2, 0.25) is 10.0 Å². The van der Waals surface area contributed by atoms with Crippen LogP contribution in [0.1, 0.15) is 5.82 Å². The number of rotatable bonds is 4. The smallest absolute Gasteiger partial charge is 0.241 e. The molecule has 0 bridgehead atoms. The van der Waals surface area contributed by atoms with E-state index in [4.69, 9.17) is 5.73 Å². The molecule has 0 amide bonds. The summed E-state index contributed by atoms with van der Waals surface area (Å²) in [5.41, 5.74) is 5.44. The van der Waals surface area contributed by atoms with Gasteiger partial charge in [-0.3, -0.25) is 4.68 Å². The van der Waals surface area contributed by atoms with Gasteiger partial charge in [-0.05, 0) is 18.2 Å². The number of nitrogens with one attached hydrogen (secondary N) is 1. The Morgan fingerprint density at radius 2 is 2.16 bits per heavy atom. The van der Waals surface area contributed by atoms with Crippen molar-refractivity contribution in [3.63, 3.8) is 0 Å². The van der Waals surface area contributed by atoms with Crippen LogP contribution in [0.2, 0.25) is 0 Å². The summed E-state index contributed by atoms with van der Waals surface area (Å²) in [4.78, 5) is 3.64. The number of anilines is 1. The molecule has 0 saturated carbocycles. The largest absolute Gasteiger partial charge is 0.399 e. The highest BCUT2D eigenvalue weighted by Gasteiger charge is 2.16. The quantitative estimate of drug-likeness (QED) is 0.771. The van der Waals surface area contributed by atoms with Gasteiger partial charge >= 0.3 is 0 Å². The van der Waals surface area contributed by atoms with Gasteiger partial charge in [-0.2, -0.15) is 5.10 Å². The molecule has 0 aliphatic carbocycles. The van der Waals surface area contributed by atoms with Gasteiger partial charge in [0.1, 0.15) is 12.1 Å². The lowest BCUT2D eigenvalue weighted by Crippen LogP contribution is -2.24. The molecule has 2 aromatic rings. The second-order valence-corrected chi connectivity index (χ2v) is 5.65. The molecule has 1 heterocycles. The molecule has 19 heavy (non-hydrogen) atoms. The van der Waals surface area contributed by atoms with Crippen LogP contribution < -0.4 is 10.5 Å². The molecule has 0 saturated heterocycles. The molecule has 0 fully saturated rings. The second-order valence-electron chi connectivity index (χ2n) is 3.88. The standard InChI is InChI=1S/C10H12FN5O2S/c1-16-6-13-10(15-16)5-14-19(17,18)9-3-7(11)2-8(12)4-9/h2-4,6,14H,5,12H2,1H3. The Hall–Kier alpha value is -2.00. The van der Waals surface area contributed by atoms with E-state index < -0.39 is 15.8 Å². The van der Waals surface area contributed by atoms with Gasteiger partial charge in [0.05, 0.1) is 11.4 Å². The van der Waals surface area contributed by atoms with Crippen molar-refractivity contribution in [1.82, 2.24) is 19.5 Å². The number of aromatic nitrogens is 3. The monoisotopic (exact) mass is 285 g/mol. The van der Waals surface area contributed by atoms with Crippen LogP contribution in [0.5, 0.6) is 0 Å². The van der Waals surface area contributed by atoms with E-state index in [2.05, 4.69) is 14.8 Å². The number of nitrogens with zero attached hydrogens (tertiary/aromatic N) is 3. The molecule has 1 aromatic carbocycles. The number of aryl methyl sites for hydroxylation is 1. The number of sulfonamides is 1. The van der Waals surface area contributed by atoms with E-state index in [0.717, 1.165) is 12.1 Å². The molecule has 1 aromatic heterocycles. The van der Waals surface area contributed by atoms with Crippen LogP contribution in [0.4, 0.5) is 10.1 Å². The Balaban J connectivity index is 2.18. The van der Waals surface area contributed by atoms with Gasteiger partial charge in [-0.25, -0.2) is 22.5 Å². The SMILES string of the molecule is Cn1cnc(CNS(=O)(=O)c2cc(N)cc(F)c2)n1. The maximum atomic E-state index is 13.1. The lowest BCUT2D eigenvalue weighted by Gasteiger charge is -2.06. The minimum Gasteiger partial charge on any atom is -0.399 e. The maximum Gasteiger partial charge on any atom is 0.241 e. The Morgan fingerprint density at radius 3 is 2.74 bits per heavy atom. The van der Waals surface area contributed by atoms with E-state index in [-0.39, 0.29) is 17.1 Å². The predicted octanol–water partition coefficient (Wildman–Crippen LogP) is 0.0149. The van der Waals surface area contributed by atoms with Crippen molar-refractivity contribution < 1.29 is 12.8 Å². The van der Waals surface area contributed by atoms with E-state index >= 15 is 0 Å². The third kappa shape index (κ3) is 3.26. The first-order valence-electron chi connectivity index (χ1n) is 5.27. The first-order valence-corrected chi connectivity index (χ1v) is 6.75. The summed E-state index contributed by atoms with van der Waals surface area (Å²) in [7, 11) is -2.19. The normalized spacial score (nSPS) is 11.7. The highest BCUT2D eigenvalue weighted by molar-refractivity contribution is 7.89. The van der Waals surface area contributed by atoms with Crippen molar-refractivity contribution in [2.24, 2.45) is 7.05 Å². The van der Waals surface area contributed by atoms with Crippen LogP contribution >= 0.6 is 0 Å². The molecule has 9 heteroatoms. The molecule has 0 spiro atoms. The topological polar surface area (TPSA) is 103 Å². The third-order valence-electron chi connectivity index (χ3n) is 2.27. The van der Waals surface area contributed by atoms with Crippen LogP contribution in [-0.2, 0) is 23.6 Å². The number of hydrogen-bond acceptors (Lipinski definition) is 5. The van der Waals surface area contributed by atoms with Crippen molar-refractivity contribution in [2.45, 2.75) is 11.4 Å². The zero-order valence-electron chi connectivity index (χ0n) is 10.0. The van der Waals surface area contributed by atoms with Crippen LogP contribution in [-0.4, -0.2) is 23.2 Å². The molecular formula is C10H12FN5O2S. The average Bonchev–Trinajstić information content (AvgIpc) is 2.71. The summed E-state index contributed by atoms with van der Waals surface area (Å²) < 4.78 is 40.7. The molecule has 0 atom stereocenters. The van der Waals surface area contributed by atoms with Gasteiger partial charge in [-0.15, -0.1) is 0 Å². The minimum absolute atomic E-state index is 0.0383. The summed E-state index contributed by atoms with van der Waals surface area (Å²) in [6.45, 7) is -0.0837. The van der Waals surface area contributed by atoms with Crippen molar-refractivity contribution >= 4 is 15.7 Å². The molecule has 102 valence electrons. The fraction of sp³-hybridized carbons (Fsp3) is 0.200. The number of halogens is 1. The van der Waals surface area contributed by atoms with Crippen LogP contribution in [0.3, 0.4) is 0 Å². The van der Waals surface area contributed by atoms with Crippen molar-refractivity contribution in [1.29, 1.82) is 0 Å². The van der Waals surface area contributed by atoms with Gasteiger partial charge in [0.25, 0.3) is 0 Å². The summed E-state index contributed by atoms with van der Waals surface area (Å²) in [5.74, 6) is -0.396. The highest BCUT2D eigenvalue weighted by atomic mass is 32.2. The van der Waals surface area contributed by atoms with Crippen molar-refractivity contribution in [3.05, 3.63) is 36.2 Å². The molecule has 0 radical (unpaired) electrons. The molecule has 0 unspecified atom stereocenters.